The molecule has 0 aromatic heterocycles. The van der Waals surface area contributed by atoms with Gasteiger partial charge in [-0.25, -0.2) is 0 Å². The van der Waals surface area contributed by atoms with Crippen LogP contribution in [-0.4, -0.2) is 26.5 Å². The number of carbonyl (C=O) groups excluding carboxylic acids is 1. The van der Waals surface area contributed by atoms with Crippen LogP contribution in [0, 0.1) is 5.92 Å². The van der Waals surface area contributed by atoms with E-state index < -0.39 is 0 Å². The molecule has 1 atom stereocenters. The zero-order valence-electron chi connectivity index (χ0n) is 10.7. The average molecular weight is 235 g/mol. The van der Waals surface area contributed by atoms with E-state index in [2.05, 4.69) is 10.2 Å². The lowest BCUT2D eigenvalue weighted by Crippen LogP contribution is -2.34. The molecule has 3 N–H and O–H groups in total. The van der Waals surface area contributed by atoms with Crippen LogP contribution in [0.3, 0.4) is 0 Å². The van der Waals surface area contributed by atoms with E-state index in [0.29, 0.717) is 13.1 Å². The molecule has 0 aliphatic rings. The molecule has 1 unspecified atom stereocenters. The fourth-order valence-electron chi connectivity index (χ4n) is 1.89. The standard InChI is InChI=1S/C13H21N3O/c1-10(13(17)15-2)9-16(3)12-7-5-4-6-11(12)8-14/h4-7,10H,8-9,14H2,1-3H3,(H,15,17). The van der Waals surface area contributed by atoms with Gasteiger partial charge in [-0.3, -0.25) is 4.79 Å². The van der Waals surface area contributed by atoms with E-state index >= 15 is 0 Å². The van der Waals surface area contributed by atoms with Gasteiger partial charge in [0.05, 0.1) is 5.92 Å². The number of hydrogen-bond acceptors (Lipinski definition) is 3. The van der Waals surface area contributed by atoms with Crippen LogP contribution in [0.5, 0.6) is 0 Å². The third-order valence-electron chi connectivity index (χ3n) is 2.86. The van der Waals surface area contributed by atoms with Crippen molar-refractivity contribution in [2.45, 2.75) is 13.5 Å². The quantitative estimate of drug-likeness (QED) is 0.799. The van der Waals surface area contributed by atoms with Gasteiger partial charge in [-0.1, -0.05) is 25.1 Å². The molecule has 4 heteroatoms. The predicted molar refractivity (Wildman–Crippen MR) is 70.8 cm³/mol. The van der Waals surface area contributed by atoms with Gasteiger partial charge in [0.2, 0.25) is 5.91 Å². The van der Waals surface area contributed by atoms with Gasteiger partial charge in [-0.05, 0) is 11.6 Å². The highest BCUT2D eigenvalue weighted by Gasteiger charge is 2.15. The van der Waals surface area contributed by atoms with E-state index in [1.54, 1.807) is 7.05 Å². The highest BCUT2D eigenvalue weighted by Crippen LogP contribution is 2.19. The van der Waals surface area contributed by atoms with Crippen molar-refractivity contribution in [1.29, 1.82) is 0 Å². The summed E-state index contributed by atoms with van der Waals surface area (Å²) in [4.78, 5) is 13.5. The Bertz CT molecular complexity index is 379. The number of rotatable bonds is 5. The second kappa shape index (κ2) is 6.25. The Morgan fingerprint density at radius 3 is 2.71 bits per heavy atom. The number of nitrogens with one attached hydrogen (secondary N) is 1. The monoisotopic (exact) mass is 235 g/mol. The molecule has 0 aliphatic carbocycles. The summed E-state index contributed by atoms with van der Waals surface area (Å²) in [5.41, 5.74) is 7.88. The van der Waals surface area contributed by atoms with Gasteiger partial charge in [0, 0.05) is 32.9 Å². The largest absolute Gasteiger partial charge is 0.374 e. The van der Waals surface area contributed by atoms with E-state index in [-0.39, 0.29) is 11.8 Å². The molecule has 0 bridgehead atoms. The summed E-state index contributed by atoms with van der Waals surface area (Å²) in [6, 6.07) is 7.99. The van der Waals surface area contributed by atoms with Crippen LogP contribution in [0.4, 0.5) is 5.69 Å². The topological polar surface area (TPSA) is 58.4 Å². The van der Waals surface area contributed by atoms with Crippen LogP contribution < -0.4 is 16.0 Å². The van der Waals surface area contributed by atoms with Gasteiger partial charge in [0.15, 0.2) is 0 Å². The minimum Gasteiger partial charge on any atom is -0.374 e. The number of para-hydroxylation sites is 1. The summed E-state index contributed by atoms with van der Waals surface area (Å²) in [5.74, 6) is 0.0120. The Hall–Kier alpha value is -1.55. The summed E-state index contributed by atoms with van der Waals surface area (Å²) >= 11 is 0. The maximum absolute atomic E-state index is 11.5. The molecule has 0 saturated heterocycles. The van der Waals surface area contributed by atoms with Gasteiger partial charge < -0.3 is 16.0 Å². The van der Waals surface area contributed by atoms with Crippen molar-refractivity contribution in [2.75, 3.05) is 25.5 Å². The van der Waals surface area contributed by atoms with Crippen LogP contribution in [0.15, 0.2) is 24.3 Å². The maximum Gasteiger partial charge on any atom is 0.224 e. The number of anilines is 1. The van der Waals surface area contributed by atoms with E-state index in [9.17, 15) is 4.79 Å². The molecular formula is C13H21N3O. The van der Waals surface area contributed by atoms with Crippen LogP contribution in [0.25, 0.3) is 0 Å². The number of benzene rings is 1. The highest BCUT2D eigenvalue weighted by molar-refractivity contribution is 5.78. The van der Waals surface area contributed by atoms with Crippen molar-refractivity contribution >= 4 is 11.6 Å². The molecule has 0 radical (unpaired) electrons. The molecule has 0 spiro atoms. The number of amides is 1. The first-order chi connectivity index (χ1) is 8.10. The van der Waals surface area contributed by atoms with Gasteiger partial charge in [0.25, 0.3) is 0 Å². The molecule has 0 heterocycles. The Labute approximate surface area is 103 Å². The molecule has 17 heavy (non-hydrogen) atoms. The van der Waals surface area contributed by atoms with E-state index in [1.165, 1.54) is 0 Å². The molecule has 4 nitrogen and oxygen atoms in total. The molecule has 0 saturated carbocycles. The molecule has 0 fully saturated rings. The lowest BCUT2D eigenvalue weighted by atomic mass is 10.1. The van der Waals surface area contributed by atoms with Crippen LogP contribution in [0.1, 0.15) is 12.5 Å². The first-order valence-corrected chi connectivity index (χ1v) is 5.80. The lowest BCUT2D eigenvalue weighted by molar-refractivity contribution is -0.123. The van der Waals surface area contributed by atoms with Crippen LogP contribution in [0.2, 0.25) is 0 Å². The summed E-state index contributed by atoms with van der Waals surface area (Å²) in [6.45, 7) is 3.10. The normalized spacial score (nSPS) is 12.0. The van der Waals surface area contributed by atoms with Crippen molar-refractivity contribution in [3.8, 4) is 0 Å². The van der Waals surface area contributed by atoms with Crippen molar-refractivity contribution in [3.63, 3.8) is 0 Å². The number of carbonyl (C=O) groups is 1. The molecular weight excluding hydrogens is 214 g/mol. The molecule has 1 amide bonds. The summed E-state index contributed by atoms with van der Waals surface area (Å²) in [7, 11) is 3.64. The molecule has 0 aliphatic heterocycles. The Kier molecular flexibility index (Phi) is 4.97. The fraction of sp³-hybridized carbons (Fsp3) is 0.462. The van der Waals surface area contributed by atoms with Crippen LogP contribution >= 0.6 is 0 Å². The number of nitrogens with zero attached hydrogens (tertiary/aromatic N) is 1. The fourth-order valence-corrected chi connectivity index (χ4v) is 1.89. The van der Waals surface area contributed by atoms with E-state index in [1.807, 2.05) is 38.2 Å². The zero-order valence-corrected chi connectivity index (χ0v) is 10.7. The first kappa shape index (κ1) is 13.5. The van der Waals surface area contributed by atoms with Gasteiger partial charge in [-0.15, -0.1) is 0 Å². The second-order valence-electron chi connectivity index (χ2n) is 4.23. The molecule has 1 aromatic carbocycles. The summed E-state index contributed by atoms with van der Waals surface area (Å²) in [5, 5.41) is 2.66. The van der Waals surface area contributed by atoms with Crippen molar-refractivity contribution in [3.05, 3.63) is 29.8 Å². The van der Waals surface area contributed by atoms with Crippen molar-refractivity contribution < 1.29 is 4.79 Å². The zero-order chi connectivity index (χ0) is 12.8. The highest BCUT2D eigenvalue weighted by atomic mass is 16.1. The summed E-state index contributed by atoms with van der Waals surface area (Å²) in [6.07, 6.45) is 0. The van der Waals surface area contributed by atoms with Crippen LogP contribution in [-0.2, 0) is 11.3 Å². The van der Waals surface area contributed by atoms with Gasteiger partial charge in [-0.2, -0.15) is 0 Å². The lowest BCUT2D eigenvalue weighted by Gasteiger charge is -2.24. The molecule has 94 valence electrons. The van der Waals surface area contributed by atoms with Crippen molar-refractivity contribution in [2.24, 2.45) is 11.7 Å². The smallest absolute Gasteiger partial charge is 0.224 e. The second-order valence-corrected chi connectivity index (χ2v) is 4.23. The Balaban J connectivity index is 2.75. The number of nitrogens with two attached hydrogens (primary N) is 1. The molecule has 1 rings (SSSR count). The average Bonchev–Trinajstić information content (AvgIpc) is 2.37. The first-order valence-electron chi connectivity index (χ1n) is 5.80. The van der Waals surface area contributed by atoms with Crippen molar-refractivity contribution in [1.82, 2.24) is 5.32 Å². The number of hydrogen-bond donors (Lipinski definition) is 2. The minimum absolute atomic E-state index is 0.0455. The molecule has 1 aromatic rings. The van der Waals surface area contributed by atoms with Gasteiger partial charge in [0.1, 0.15) is 0 Å². The summed E-state index contributed by atoms with van der Waals surface area (Å²) < 4.78 is 0. The maximum atomic E-state index is 11.5. The Morgan fingerprint density at radius 1 is 1.47 bits per heavy atom. The van der Waals surface area contributed by atoms with Gasteiger partial charge >= 0.3 is 0 Å². The third-order valence-corrected chi connectivity index (χ3v) is 2.86. The Morgan fingerprint density at radius 2 is 2.12 bits per heavy atom. The minimum atomic E-state index is -0.0455. The third kappa shape index (κ3) is 3.46. The van der Waals surface area contributed by atoms with E-state index in [4.69, 9.17) is 5.73 Å². The van der Waals surface area contributed by atoms with E-state index in [0.717, 1.165) is 11.3 Å². The predicted octanol–water partition coefficient (Wildman–Crippen LogP) is 0.964. The SMILES string of the molecule is CNC(=O)C(C)CN(C)c1ccccc1CN.